The zero-order valence-corrected chi connectivity index (χ0v) is 12.2. The Kier molecular flexibility index (Phi) is 4.70. The van der Waals surface area contributed by atoms with Gasteiger partial charge in [-0.15, -0.1) is 0 Å². The van der Waals surface area contributed by atoms with E-state index in [4.69, 9.17) is 4.74 Å². The first kappa shape index (κ1) is 15.2. The Bertz CT molecular complexity index is 585. The molecule has 0 unspecified atom stereocenters. The summed E-state index contributed by atoms with van der Waals surface area (Å²) in [6.07, 6.45) is 0.932. The van der Waals surface area contributed by atoms with Gasteiger partial charge in [0.1, 0.15) is 11.5 Å². The number of pyridine rings is 1. The summed E-state index contributed by atoms with van der Waals surface area (Å²) in [4.78, 5) is 16.6. The van der Waals surface area contributed by atoms with Crippen molar-refractivity contribution in [2.24, 2.45) is 0 Å². The maximum absolute atomic E-state index is 12.5. The molecular weight excluding hydrogens is 266 g/mol. The van der Waals surface area contributed by atoms with Crippen molar-refractivity contribution in [2.45, 2.75) is 24.9 Å². The first-order valence-corrected chi connectivity index (χ1v) is 6.89. The van der Waals surface area contributed by atoms with Gasteiger partial charge < -0.3 is 9.84 Å². The molecule has 21 heavy (non-hydrogen) atoms. The highest BCUT2D eigenvalue weighted by Gasteiger charge is 2.47. The fourth-order valence-electron chi connectivity index (χ4n) is 2.64. The lowest BCUT2D eigenvalue weighted by atomic mass is 9.72. The van der Waals surface area contributed by atoms with Crippen LogP contribution in [0.25, 0.3) is 0 Å². The summed E-state index contributed by atoms with van der Waals surface area (Å²) in [5.41, 5.74) is 0.00998. The molecule has 0 radical (unpaired) electrons. The Balaban J connectivity index is 2.58. The third-order valence-corrected chi connectivity index (χ3v) is 3.83. The van der Waals surface area contributed by atoms with Crippen molar-refractivity contribution in [3.63, 3.8) is 0 Å². The van der Waals surface area contributed by atoms with Crippen LogP contribution in [0.3, 0.4) is 0 Å². The molecule has 4 nitrogen and oxygen atoms in total. The van der Waals surface area contributed by atoms with Crippen LogP contribution in [-0.4, -0.2) is 23.2 Å². The van der Waals surface area contributed by atoms with Gasteiger partial charge in [0, 0.05) is 6.20 Å². The van der Waals surface area contributed by atoms with Crippen molar-refractivity contribution < 1.29 is 14.6 Å². The van der Waals surface area contributed by atoms with Crippen molar-refractivity contribution in [3.8, 4) is 0 Å². The Morgan fingerprint density at radius 3 is 2.43 bits per heavy atom. The van der Waals surface area contributed by atoms with Crippen molar-refractivity contribution in [3.05, 3.63) is 66.0 Å². The van der Waals surface area contributed by atoms with E-state index >= 15 is 0 Å². The summed E-state index contributed by atoms with van der Waals surface area (Å²) >= 11 is 0. The summed E-state index contributed by atoms with van der Waals surface area (Å²) in [7, 11) is 1.33. The fraction of sp³-hybridized carbons (Fsp3) is 0.294. The number of carbonyl (C=O) groups excluding carboxylic acids is 1. The van der Waals surface area contributed by atoms with Gasteiger partial charge in [0.2, 0.25) is 0 Å². The molecule has 0 bridgehead atoms. The first-order chi connectivity index (χ1) is 10.2. The Hall–Kier alpha value is -2.20. The molecule has 0 amide bonds. The van der Waals surface area contributed by atoms with E-state index in [2.05, 4.69) is 4.98 Å². The van der Waals surface area contributed by atoms with Crippen LogP contribution in [0.15, 0.2) is 54.7 Å². The number of aromatic nitrogens is 1. The molecule has 0 spiro atoms. The standard InChI is InChI=1S/C17H19NO3/c1-3-17(16(20)21-2,13-9-5-4-6-10-13)15(19)14-11-7-8-12-18-14/h4-12,15,19H,3H2,1-2H3/t15-,17+/m1/s1. The van der Waals surface area contributed by atoms with Crippen molar-refractivity contribution >= 4 is 5.97 Å². The highest BCUT2D eigenvalue weighted by molar-refractivity contribution is 5.84. The predicted octanol–water partition coefficient (Wildman–Crippen LogP) is 2.64. The summed E-state index contributed by atoms with van der Waals surface area (Å²) < 4.78 is 4.98. The molecule has 110 valence electrons. The second-order valence-corrected chi connectivity index (χ2v) is 4.84. The molecule has 0 fully saturated rings. The van der Waals surface area contributed by atoms with Crippen molar-refractivity contribution in [2.75, 3.05) is 7.11 Å². The third kappa shape index (κ3) is 2.67. The second kappa shape index (κ2) is 6.50. The molecule has 0 aliphatic heterocycles. The van der Waals surface area contributed by atoms with E-state index in [1.54, 1.807) is 24.4 Å². The molecule has 1 aromatic heterocycles. The van der Waals surface area contributed by atoms with Crippen LogP contribution >= 0.6 is 0 Å². The van der Waals surface area contributed by atoms with Gasteiger partial charge >= 0.3 is 5.97 Å². The van der Waals surface area contributed by atoms with E-state index in [1.165, 1.54) is 7.11 Å². The molecule has 2 aromatic rings. The van der Waals surface area contributed by atoms with Gasteiger partial charge in [0.15, 0.2) is 0 Å². The molecular formula is C17H19NO3. The quantitative estimate of drug-likeness (QED) is 0.858. The summed E-state index contributed by atoms with van der Waals surface area (Å²) in [6, 6.07) is 14.5. The number of esters is 1. The topological polar surface area (TPSA) is 59.4 Å². The van der Waals surface area contributed by atoms with E-state index in [0.717, 1.165) is 5.56 Å². The van der Waals surface area contributed by atoms with Gasteiger partial charge in [-0.25, -0.2) is 0 Å². The number of ether oxygens (including phenoxy) is 1. The van der Waals surface area contributed by atoms with Crippen molar-refractivity contribution in [1.82, 2.24) is 4.98 Å². The van der Waals surface area contributed by atoms with Crippen molar-refractivity contribution in [1.29, 1.82) is 0 Å². The maximum Gasteiger partial charge on any atom is 0.319 e. The number of rotatable bonds is 5. The molecule has 1 N–H and O–H groups in total. The van der Waals surface area contributed by atoms with E-state index in [0.29, 0.717) is 12.1 Å². The van der Waals surface area contributed by atoms with Gasteiger partial charge in [0.05, 0.1) is 12.8 Å². The molecule has 2 atom stereocenters. The number of aliphatic hydroxyl groups is 1. The first-order valence-electron chi connectivity index (χ1n) is 6.89. The number of methoxy groups -OCH3 is 1. The molecule has 0 aliphatic rings. The van der Waals surface area contributed by atoms with Crippen LogP contribution in [0.2, 0.25) is 0 Å². The average molecular weight is 285 g/mol. The van der Waals surface area contributed by atoms with Crippen LogP contribution in [0.1, 0.15) is 30.7 Å². The number of aliphatic hydroxyl groups excluding tert-OH is 1. The largest absolute Gasteiger partial charge is 0.468 e. The Morgan fingerprint density at radius 1 is 1.24 bits per heavy atom. The van der Waals surface area contributed by atoms with Crippen LogP contribution in [-0.2, 0) is 14.9 Å². The van der Waals surface area contributed by atoms with Crippen LogP contribution < -0.4 is 0 Å². The third-order valence-electron chi connectivity index (χ3n) is 3.83. The minimum absolute atomic E-state index is 0.404. The van der Waals surface area contributed by atoms with E-state index < -0.39 is 17.5 Å². The summed E-state index contributed by atoms with van der Waals surface area (Å²) in [5, 5.41) is 10.8. The highest BCUT2D eigenvalue weighted by atomic mass is 16.5. The maximum atomic E-state index is 12.5. The number of hydrogen-bond donors (Lipinski definition) is 1. The van der Waals surface area contributed by atoms with Gasteiger partial charge in [-0.1, -0.05) is 43.3 Å². The SMILES string of the molecule is CC[C@](C(=O)OC)(c1ccccc1)[C@H](O)c1ccccn1. The summed E-state index contributed by atoms with van der Waals surface area (Å²) in [6.45, 7) is 1.86. The Labute approximate surface area is 124 Å². The minimum atomic E-state index is -1.16. The number of nitrogens with zero attached hydrogens (tertiary/aromatic N) is 1. The van der Waals surface area contributed by atoms with Crippen LogP contribution in [0, 0.1) is 0 Å². The lowest BCUT2D eigenvalue weighted by Crippen LogP contribution is -2.42. The molecule has 0 saturated carbocycles. The lowest BCUT2D eigenvalue weighted by molar-refractivity contribution is -0.153. The summed E-state index contributed by atoms with van der Waals surface area (Å²) in [5.74, 6) is -0.464. The molecule has 0 saturated heterocycles. The number of carbonyl (C=O) groups is 1. The molecule has 2 rings (SSSR count). The zero-order valence-electron chi connectivity index (χ0n) is 12.2. The highest BCUT2D eigenvalue weighted by Crippen LogP contribution is 2.40. The average Bonchev–Trinajstić information content (AvgIpc) is 2.57. The number of benzene rings is 1. The lowest BCUT2D eigenvalue weighted by Gasteiger charge is -2.34. The van der Waals surface area contributed by atoms with E-state index in [1.807, 2.05) is 37.3 Å². The van der Waals surface area contributed by atoms with Gasteiger partial charge in [0.25, 0.3) is 0 Å². The normalized spacial score (nSPS) is 15.0. The fourth-order valence-corrected chi connectivity index (χ4v) is 2.64. The van der Waals surface area contributed by atoms with Gasteiger partial charge in [-0.2, -0.15) is 0 Å². The van der Waals surface area contributed by atoms with Crippen LogP contribution in [0.5, 0.6) is 0 Å². The zero-order chi connectivity index (χ0) is 15.3. The van der Waals surface area contributed by atoms with E-state index in [-0.39, 0.29) is 0 Å². The number of hydrogen-bond acceptors (Lipinski definition) is 4. The molecule has 1 aromatic carbocycles. The molecule has 1 heterocycles. The predicted molar refractivity (Wildman–Crippen MR) is 79.6 cm³/mol. The van der Waals surface area contributed by atoms with Gasteiger partial charge in [-0.3, -0.25) is 9.78 Å². The second-order valence-electron chi connectivity index (χ2n) is 4.84. The Morgan fingerprint density at radius 2 is 1.90 bits per heavy atom. The monoisotopic (exact) mass is 285 g/mol. The van der Waals surface area contributed by atoms with E-state index in [9.17, 15) is 9.90 Å². The smallest absolute Gasteiger partial charge is 0.319 e. The van der Waals surface area contributed by atoms with Gasteiger partial charge in [-0.05, 0) is 24.1 Å². The van der Waals surface area contributed by atoms with Crippen LogP contribution in [0.4, 0.5) is 0 Å². The molecule has 0 aliphatic carbocycles. The molecule has 4 heteroatoms. The minimum Gasteiger partial charge on any atom is -0.468 e.